The number of nitrogens with two attached hydrogens (primary N) is 1. The highest BCUT2D eigenvalue weighted by molar-refractivity contribution is 4.81. The van der Waals surface area contributed by atoms with Crippen molar-refractivity contribution in [3.05, 3.63) is 0 Å². The van der Waals surface area contributed by atoms with E-state index in [9.17, 15) is 0 Å². The lowest BCUT2D eigenvalue weighted by Crippen LogP contribution is -2.46. The smallest absolute Gasteiger partial charge is 0.0272 e. The highest BCUT2D eigenvalue weighted by atomic mass is 14.9. The van der Waals surface area contributed by atoms with Gasteiger partial charge in [0.2, 0.25) is 0 Å². The number of hydrogen-bond donors (Lipinski definition) is 2. The molecule has 62 valence electrons. The number of rotatable bonds is 5. The Balaban J connectivity index is 3.58. The zero-order valence-corrected chi connectivity index (χ0v) is 7.41. The van der Waals surface area contributed by atoms with Gasteiger partial charge in [0.1, 0.15) is 0 Å². The molecule has 1 atom stereocenters. The predicted molar refractivity (Wildman–Crippen MR) is 46.0 cm³/mol. The van der Waals surface area contributed by atoms with Crippen molar-refractivity contribution < 1.29 is 0 Å². The van der Waals surface area contributed by atoms with Crippen molar-refractivity contribution in [2.45, 2.75) is 38.6 Å². The maximum absolute atomic E-state index is 5.60. The van der Waals surface area contributed by atoms with Gasteiger partial charge in [-0.05, 0) is 20.4 Å². The van der Waals surface area contributed by atoms with E-state index in [4.69, 9.17) is 5.73 Å². The van der Waals surface area contributed by atoms with Crippen molar-refractivity contribution in [1.82, 2.24) is 5.32 Å². The van der Waals surface area contributed by atoms with Gasteiger partial charge in [-0.3, -0.25) is 0 Å². The minimum atomic E-state index is 0.163. The van der Waals surface area contributed by atoms with Crippen molar-refractivity contribution in [2.24, 2.45) is 5.73 Å². The Kier molecular flexibility index (Phi) is 4.65. The van der Waals surface area contributed by atoms with E-state index in [-0.39, 0.29) is 5.54 Å². The van der Waals surface area contributed by atoms with Gasteiger partial charge in [0.05, 0.1) is 0 Å². The van der Waals surface area contributed by atoms with Crippen LogP contribution in [0.3, 0.4) is 0 Å². The molecule has 0 radical (unpaired) electrons. The van der Waals surface area contributed by atoms with Gasteiger partial charge in [-0.15, -0.1) is 0 Å². The molecule has 0 aliphatic carbocycles. The van der Waals surface area contributed by atoms with E-state index < -0.39 is 0 Å². The van der Waals surface area contributed by atoms with Crippen LogP contribution in [0.25, 0.3) is 0 Å². The fraction of sp³-hybridized carbons (Fsp3) is 1.00. The summed E-state index contributed by atoms with van der Waals surface area (Å²) >= 11 is 0. The quantitative estimate of drug-likeness (QED) is 0.606. The lowest BCUT2D eigenvalue weighted by atomic mass is 9.95. The molecule has 3 N–H and O–H groups in total. The van der Waals surface area contributed by atoms with Gasteiger partial charge in [-0.2, -0.15) is 0 Å². The molecule has 0 bridgehead atoms. The summed E-state index contributed by atoms with van der Waals surface area (Å²) in [6.45, 7) is 5.10. The highest BCUT2D eigenvalue weighted by Crippen LogP contribution is 2.10. The van der Waals surface area contributed by atoms with Gasteiger partial charge < -0.3 is 11.1 Å². The second kappa shape index (κ2) is 4.69. The van der Waals surface area contributed by atoms with Crippen LogP contribution in [0.5, 0.6) is 0 Å². The minimum Gasteiger partial charge on any atom is -0.329 e. The SMILES string of the molecule is CCCCC(C)(CN)NC. The lowest BCUT2D eigenvalue weighted by molar-refractivity contribution is 0.356. The van der Waals surface area contributed by atoms with E-state index in [1.807, 2.05) is 7.05 Å². The summed E-state index contributed by atoms with van der Waals surface area (Å²) in [6.07, 6.45) is 3.68. The first-order chi connectivity index (χ1) is 4.68. The van der Waals surface area contributed by atoms with Crippen molar-refractivity contribution in [1.29, 1.82) is 0 Å². The summed E-state index contributed by atoms with van der Waals surface area (Å²) in [5, 5.41) is 3.24. The Morgan fingerprint density at radius 2 is 2.10 bits per heavy atom. The van der Waals surface area contributed by atoms with Crippen LogP contribution in [-0.4, -0.2) is 19.1 Å². The van der Waals surface area contributed by atoms with Crippen LogP contribution < -0.4 is 11.1 Å². The Bertz CT molecular complexity index is 77.3. The van der Waals surface area contributed by atoms with Gasteiger partial charge in [0, 0.05) is 12.1 Å². The molecule has 0 aromatic heterocycles. The molecular formula is C8H20N2. The van der Waals surface area contributed by atoms with Crippen molar-refractivity contribution in [2.75, 3.05) is 13.6 Å². The van der Waals surface area contributed by atoms with Gasteiger partial charge in [0.15, 0.2) is 0 Å². The van der Waals surface area contributed by atoms with E-state index in [0.717, 1.165) is 6.54 Å². The molecule has 0 spiro atoms. The number of nitrogens with one attached hydrogen (secondary N) is 1. The third-order valence-corrected chi connectivity index (χ3v) is 2.14. The predicted octanol–water partition coefficient (Wildman–Crippen LogP) is 1.11. The highest BCUT2D eigenvalue weighted by Gasteiger charge is 2.17. The molecule has 0 saturated carbocycles. The summed E-state index contributed by atoms with van der Waals surface area (Å²) in [4.78, 5) is 0. The Labute approximate surface area is 64.2 Å². The molecule has 10 heavy (non-hydrogen) atoms. The monoisotopic (exact) mass is 144 g/mol. The van der Waals surface area contributed by atoms with E-state index in [0.29, 0.717) is 0 Å². The first-order valence-corrected chi connectivity index (χ1v) is 4.07. The summed E-state index contributed by atoms with van der Waals surface area (Å²) in [6, 6.07) is 0. The van der Waals surface area contributed by atoms with Crippen LogP contribution in [-0.2, 0) is 0 Å². The van der Waals surface area contributed by atoms with Crippen LogP contribution in [0.1, 0.15) is 33.1 Å². The summed E-state index contributed by atoms with van der Waals surface area (Å²) in [7, 11) is 1.97. The average Bonchev–Trinajstić information content (AvgIpc) is 2.00. The van der Waals surface area contributed by atoms with Gasteiger partial charge in [-0.1, -0.05) is 19.8 Å². The maximum Gasteiger partial charge on any atom is 0.0272 e. The Hall–Kier alpha value is -0.0800. The first-order valence-electron chi connectivity index (χ1n) is 4.07. The molecule has 0 heterocycles. The van der Waals surface area contributed by atoms with Gasteiger partial charge in [0.25, 0.3) is 0 Å². The molecule has 0 aromatic carbocycles. The largest absolute Gasteiger partial charge is 0.329 e. The number of unbranched alkanes of at least 4 members (excludes halogenated alkanes) is 1. The topological polar surface area (TPSA) is 38.0 Å². The minimum absolute atomic E-state index is 0.163. The van der Waals surface area contributed by atoms with E-state index >= 15 is 0 Å². The molecule has 0 rings (SSSR count). The number of likely N-dealkylation sites (N-methyl/N-ethyl adjacent to an activating group) is 1. The van der Waals surface area contributed by atoms with Crippen LogP contribution in [0.15, 0.2) is 0 Å². The number of hydrogen-bond acceptors (Lipinski definition) is 2. The van der Waals surface area contributed by atoms with Gasteiger partial charge in [-0.25, -0.2) is 0 Å². The van der Waals surface area contributed by atoms with E-state index in [1.54, 1.807) is 0 Å². The molecule has 0 aromatic rings. The molecule has 0 fully saturated rings. The third-order valence-electron chi connectivity index (χ3n) is 2.14. The van der Waals surface area contributed by atoms with Crippen LogP contribution in [0, 0.1) is 0 Å². The lowest BCUT2D eigenvalue weighted by Gasteiger charge is -2.27. The van der Waals surface area contributed by atoms with Crippen LogP contribution in [0.4, 0.5) is 0 Å². The Morgan fingerprint density at radius 1 is 1.50 bits per heavy atom. The zero-order valence-electron chi connectivity index (χ0n) is 7.41. The van der Waals surface area contributed by atoms with Crippen molar-refractivity contribution >= 4 is 0 Å². The second-order valence-electron chi connectivity index (χ2n) is 3.12. The van der Waals surface area contributed by atoms with E-state index in [1.165, 1.54) is 19.3 Å². The molecule has 0 aliphatic heterocycles. The molecule has 2 nitrogen and oxygen atoms in total. The fourth-order valence-corrected chi connectivity index (χ4v) is 0.896. The summed E-state index contributed by atoms with van der Waals surface area (Å²) in [5.41, 5.74) is 5.76. The molecule has 2 heteroatoms. The summed E-state index contributed by atoms with van der Waals surface area (Å²) in [5.74, 6) is 0. The van der Waals surface area contributed by atoms with Crippen molar-refractivity contribution in [3.8, 4) is 0 Å². The second-order valence-corrected chi connectivity index (χ2v) is 3.12. The molecular weight excluding hydrogens is 124 g/mol. The zero-order chi connectivity index (χ0) is 8.04. The van der Waals surface area contributed by atoms with Crippen LogP contribution >= 0.6 is 0 Å². The normalized spacial score (nSPS) is 16.8. The van der Waals surface area contributed by atoms with Gasteiger partial charge >= 0.3 is 0 Å². The van der Waals surface area contributed by atoms with Crippen molar-refractivity contribution in [3.63, 3.8) is 0 Å². The maximum atomic E-state index is 5.60. The molecule has 0 amide bonds. The third kappa shape index (κ3) is 3.18. The van der Waals surface area contributed by atoms with Crippen LogP contribution in [0.2, 0.25) is 0 Å². The standard InChI is InChI=1S/C8H20N2/c1-4-5-6-8(2,7-9)10-3/h10H,4-7,9H2,1-3H3. The Morgan fingerprint density at radius 3 is 2.40 bits per heavy atom. The summed E-state index contributed by atoms with van der Waals surface area (Å²) < 4.78 is 0. The molecule has 1 unspecified atom stereocenters. The first kappa shape index (κ1) is 9.92. The fourth-order valence-electron chi connectivity index (χ4n) is 0.896. The average molecular weight is 144 g/mol. The molecule has 0 saturated heterocycles. The van der Waals surface area contributed by atoms with E-state index in [2.05, 4.69) is 19.2 Å². The molecule has 0 aliphatic rings.